The van der Waals surface area contributed by atoms with Gasteiger partial charge in [0.05, 0.1) is 10.7 Å². The Balaban J connectivity index is 2.80. The van der Waals surface area contributed by atoms with Crippen LogP contribution in [0.2, 0.25) is 5.02 Å². The fourth-order valence-electron chi connectivity index (χ4n) is 1.01. The van der Waals surface area contributed by atoms with Crippen molar-refractivity contribution in [3.8, 4) is 5.75 Å². The standard InChI is InChI=1S/C10H11Cl2NO2/c1-2-7(11)10(15)13-9-5-6(14)3-4-8(9)12/h3-5,7,14H,2H2,1H3,(H,13,15). The van der Waals surface area contributed by atoms with Crippen LogP contribution < -0.4 is 5.32 Å². The third kappa shape index (κ3) is 3.29. The van der Waals surface area contributed by atoms with Gasteiger partial charge in [0.1, 0.15) is 11.1 Å². The van der Waals surface area contributed by atoms with Crippen LogP contribution in [-0.4, -0.2) is 16.4 Å². The summed E-state index contributed by atoms with van der Waals surface area (Å²) in [7, 11) is 0. The molecule has 82 valence electrons. The van der Waals surface area contributed by atoms with E-state index in [0.29, 0.717) is 17.1 Å². The predicted octanol–water partition coefficient (Wildman–Crippen LogP) is 3.00. The number of alkyl halides is 1. The minimum atomic E-state index is -0.594. The largest absolute Gasteiger partial charge is 0.508 e. The fourth-order valence-corrected chi connectivity index (χ4v) is 1.22. The first-order chi connectivity index (χ1) is 7.04. The second-order valence-electron chi connectivity index (χ2n) is 3.03. The summed E-state index contributed by atoms with van der Waals surface area (Å²) >= 11 is 11.6. The first-order valence-corrected chi connectivity index (χ1v) is 5.29. The van der Waals surface area contributed by atoms with Gasteiger partial charge in [-0.25, -0.2) is 0 Å². The van der Waals surface area contributed by atoms with Crippen molar-refractivity contribution in [2.45, 2.75) is 18.7 Å². The molecule has 5 heteroatoms. The fraction of sp³-hybridized carbons (Fsp3) is 0.300. The molecular weight excluding hydrogens is 237 g/mol. The Morgan fingerprint density at radius 1 is 1.60 bits per heavy atom. The van der Waals surface area contributed by atoms with Crippen LogP contribution >= 0.6 is 23.2 Å². The van der Waals surface area contributed by atoms with E-state index in [2.05, 4.69) is 5.32 Å². The number of benzene rings is 1. The van der Waals surface area contributed by atoms with E-state index in [9.17, 15) is 9.90 Å². The average Bonchev–Trinajstić information content (AvgIpc) is 2.22. The lowest BCUT2D eigenvalue weighted by Crippen LogP contribution is -2.22. The molecule has 0 aromatic heterocycles. The van der Waals surface area contributed by atoms with Gasteiger partial charge in [0.15, 0.2) is 0 Å². The maximum absolute atomic E-state index is 11.4. The molecule has 2 N–H and O–H groups in total. The smallest absolute Gasteiger partial charge is 0.242 e. The van der Waals surface area contributed by atoms with Crippen LogP contribution in [0.1, 0.15) is 13.3 Å². The minimum Gasteiger partial charge on any atom is -0.508 e. The number of anilines is 1. The van der Waals surface area contributed by atoms with Gasteiger partial charge >= 0.3 is 0 Å². The van der Waals surface area contributed by atoms with Crippen LogP contribution in [0.3, 0.4) is 0 Å². The van der Waals surface area contributed by atoms with E-state index in [4.69, 9.17) is 23.2 Å². The molecule has 1 atom stereocenters. The maximum atomic E-state index is 11.4. The molecule has 1 rings (SSSR count). The Labute approximate surface area is 98.0 Å². The summed E-state index contributed by atoms with van der Waals surface area (Å²) in [6, 6.07) is 4.32. The van der Waals surface area contributed by atoms with Gasteiger partial charge in [-0.1, -0.05) is 18.5 Å². The summed E-state index contributed by atoms with van der Waals surface area (Å²) in [6.07, 6.45) is 0.532. The lowest BCUT2D eigenvalue weighted by molar-refractivity contribution is -0.115. The van der Waals surface area contributed by atoms with Gasteiger partial charge in [-0.05, 0) is 18.6 Å². The van der Waals surface area contributed by atoms with Crippen LogP contribution in [0.4, 0.5) is 5.69 Å². The lowest BCUT2D eigenvalue weighted by atomic mass is 10.2. The zero-order valence-electron chi connectivity index (χ0n) is 8.13. The molecule has 0 saturated heterocycles. The highest BCUT2D eigenvalue weighted by Crippen LogP contribution is 2.26. The average molecular weight is 248 g/mol. The molecule has 0 aliphatic rings. The molecule has 0 bridgehead atoms. The number of nitrogens with one attached hydrogen (secondary N) is 1. The molecule has 15 heavy (non-hydrogen) atoms. The molecule has 0 heterocycles. The first kappa shape index (κ1) is 12.1. The van der Waals surface area contributed by atoms with Crippen LogP contribution in [-0.2, 0) is 4.79 Å². The Morgan fingerprint density at radius 2 is 2.27 bits per heavy atom. The Kier molecular flexibility index (Phi) is 4.24. The van der Waals surface area contributed by atoms with Gasteiger partial charge in [-0.3, -0.25) is 4.79 Å². The third-order valence-electron chi connectivity index (χ3n) is 1.85. The van der Waals surface area contributed by atoms with Crippen molar-refractivity contribution in [2.75, 3.05) is 5.32 Å². The van der Waals surface area contributed by atoms with Crippen molar-refractivity contribution in [3.05, 3.63) is 23.2 Å². The van der Waals surface area contributed by atoms with Gasteiger partial charge in [0.2, 0.25) is 5.91 Å². The van der Waals surface area contributed by atoms with E-state index in [1.54, 1.807) is 6.92 Å². The summed E-state index contributed by atoms with van der Waals surface area (Å²) < 4.78 is 0. The van der Waals surface area contributed by atoms with Crippen molar-refractivity contribution in [1.82, 2.24) is 0 Å². The van der Waals surface area contributed by atoms with Crippen LogP contribution in [0.25, 0.3) is 0 Å². The monoisotopic (exact) mass is 247 g/mol. The van der Waals surface area contributed by atoms with Gasteiger partial charge < -0.3 is 10.4 Å². The van der Waals surface area contributed by atoms with E-state index in [1.165, 1.54) is 18.2 Å². The number of rotatable bonds is 3. The quantitative estimate of drug-likeness (QED) is 0.808. The lowest BCUT2D eigenvalue weighted by Gasteiger charge is -2.10. The van der Waals surface area contributed by atoms with Crippen molar-refractivity contribution in [3.63, 3.8) is 0 Å². The number of halogens is 2. The maximum Gasteiger partial charge on any atom is 0.242 e. The molecule has 1 unspecified atom stereocenters. The van der Waals surface area contributed by atoms with E-state index < -0.39 is 5.38 Å². The second kappa shape index (κ2) is 5.24. The SMILES string of the molecule is CCC(Cl)C(=O)Nc1cc(O)ccc1Cl. The third-order valence-corrected chi connectivity index (χ3v) is 2.69. The minimum absolute atomic E-state index is 0.0392. The van der Waals surface area contributed by atoms with E-state index in [0.717, 1.165) is 0 Å². The number of amides is 1. The molecule has 0 spiro atoms. The molecule has 1 aromatic carbocycles. The molecule has 0 aliphatic carbocycles. The van der Waals surface area contributed by atoms with Gasteiger partial charge in [0.25, 0.3) is 0 Å². The summed E-state index contributed by atoms with van der Waals surface area (Å²) in [6.45, 7) is 1.81. The number of carbonyl (C=O) groups excluding carboxylic acids is 1. The van der Waals surface area contributed by atoms with Crippen LogP contribution in [0.15, 0.2) is 18.2 Å². The highest BCUT2D eigenvalue weighted by molar-refractivity contribution is 6.35. The summed E-state index contributed by atoms with van der Waals surface area (Å²) in [4.78, 5) is 11.4. The molecule has 1 aromatic rings. The highest BCUT2D eigenvalue weighted by atomic mass is 35.5. The van der Waals surface area contributed by atoms with Crippen LogP contribution in [0.5, 0.6) is 5.75 Å². The first-order valence-electron chi connectivity index (χ1n) is 4.48. The molecule has 0 radical (unpaired) electrons. The molecular formula is C10H11Cl2NO2. The number of carbonyl (C=O) groups is 1. The molecule has 1 amide bonds. The van der Waals surface area contributed by atoms with Crippen LogP contribution in [0, 0.1) is 0 Å². The Bertz CT molecular complexity index is 368. The number of hydrogen-bond donors (Lipinski definition) is 2. The number of phenols is 1. The second-order valence-corrected chi connectivity index (χ2v) is 3.96. The molecule has 0 fully saturated rings. The van der Waals surface area contributed by atoms with Crippen molar-refractivity contribution >= 4 is 34.8 Å². The zero-order chi connectivity index (χ0) is 11.4. The molecule has 0 aliphatic heterocycles. The van der Waals surface area contributed by atoms with E-state index in [1.807, 2.05) is 0 Å². The normalized spacial score (nSPS) is 12.2. The topological polar surface area (TPSA) is 49.3 Å². The van der Waals surface area contributed by atoms with Gasteiger partial charge in [-0.2, -0.15) is 0 Å². The summed E-state index contributed by atoms with van der Waals surface area (Å²) in [5.41, 5.74) is 0.362. The predicted molar refractivity (Wildman–Crippen MR) is 61.7 cm³/mol. The number of phenolic OH excluding ortho intramolecular Hbond substituents is 1. The van der Waals surface area contributed by atoms with Crippen molar-refractivity contribution in [2.24, 2.45) is 0 Å². The van der Waals surface area contributed by atoms with Crippen molar-refractivity contribution in [1.29, 1.82) is 0 Å². The van der Waals surface area contributed by atoms with Gasteiger partial charge in [0, 0.05) is 6.07 Å². The highest BCUT2D eigenvalue weighted by Gasteiger charge is 2.14. The number of aromatic hydroxyl groups is 1. The van der Waals surface area contributed by atoms with Gasteiger partial charge in [-0.15, -0.1) is 11.6 Å². The summed E-state index contributed by atoms with van der Waals surface area (Å²) in [5.74, 6) is -0.288. The number of hydrogen-bond acceptors (Lipinski definition) is 2. The molecule has 0 saturated carbocycles. The zero-order valence-corrected chi connectivity index (χ0v) is 9.64. The Morgan fingerprint density at radius 3 is 2.87 bits per heavy atom. The summed E-state index contributed by atoms with van der Waals surface area (Å²) in [5, 5.41) is 11.5. The Hall–Kier alpha value is -0.930. The van der Waals surface area contributed by atoms with Crippen molar-refractivity contribution < 1.29 is 9.90 Å². The van der Waals surface area contributed by atoms with E-state index in [-0.39, 0.29) is 11.7 Å². The van der Waals surface area contributed by atoms with E-state index >= 15 is 0 Å². The molecule has 3 nitrogen and oxygen atoms in total.